The molecule has 0 saturated heterocycles. The summed E-state index contributed by atoms with van der Waals surface area (Å²) in [6.07, 6.45) is 0.235. The summed E-state index contributed by atoms with van der Waals surface area (Å²) in [4.78, 5) is 12.1. The monoisotopic (exact) mass is 307 g/mol. The lowest BCUT2D eigenvalue weighted by atomic mass is 10.3. The second-order valence-corrected chi connectivity index (χ2v) is 4.95. The summed E-state index contributed by atoms with van der Waals surface area (Å²) in [5.74, 6) is 1.07. The number of ether oxygens (including phenoxy) is 1. The largest absolute Gasteiger partial charge is 0.418 e. The molecule has 116 valence electrons. The molecule has 2 aromatic carbocycles. The van der Waals surface area contributed by atoms with Crippen LogP contribution in [0.4, 0.5) is 10.6 Å². The van der Waals surface area contributed by atoms with Gasteiger partial charge in [0.15, 0.2) is 0 Å². The van der Waals surface area contributed by atoms with Crippen LogP contribution in [-0.4, -0.2) is 15.9 Å². The highest BCUT2D eigenvalue weighted by Gasteiger charge is 2.13. The quantitative estimate of drug-likeness (QED) is 0.791. The molecule has 3 aromatic rings. The maximum Gasteiger partial charge on any atom is 0.418 e. The molecule has 5 nitrogen and oxygen atoms in total. The number of nitrogens with zero attached hydrogens (tertiary/aromatic N) is 2. The van der Waals surface area contributed by atoms with Gasteiger partial charge in [0, 0.05) is 6.07 Å². The van der Waals surface area contributed by atoms with Gasteiger partial charge in [-0.05, 0) is 30.7 Å². The summed E-state index contributed by atoms with van der Waals surface area (Å²) in [5, 5.41) is 7.26. The van der Waals surface area contributed by atoms with Crippen molar-refractivity contribution in [1.29, 1.82) is 0 Å². The van der Waals surface area contributed by atoms with Gasteiger partial charge in [0.2, 0.25) is 0 Å². The number of hydrogen-bond acceptors (Lipinski definition) is 3. The predicted octanol–water partition coefficient (Wildman–Crippen LogP) is 4.05. The minimum atomic E-state index is -0.545. The molecule has 0 spiro atoms. The summed E-state index contributed by atoms with van der Waals surface area (Å²) >= 11 is 0. The lowest BCUT2D eigenvalue weighted by molar-refractivity contribution is 0.215. The maximum absolute atomic E-state index is 12.1. The predicted molar refractivity (Wildman–Crippen MR) is 89.0 cm³/mol. The highest BCUT2D eigenvalue weighted by Crippen LogP contribution is 2.18. The van der Waals surface area contributed by atoms with E-state index in [-0.39, 0.29) is 0 Å². The molecule has 23 heavy (non-hydrogen) atoms. The van der Waals surface area contributed by atoms with Crippen molar-refractivity contribution in [2.24, 2.45) is 0 Å². The standard InChI is InChI=1S/C18H17N3O2/c1-2-14-13-17(21(20-14)15-9-5-3-6-10-15)19-18(22)23-16-11-7-4-8-12-16/h3-13H,2H2,1H3,(H,19,22). The van der Waals surface area contributed by atoms with Gasteiger partial charge in [-0.1, -0.05) is 43.3 Å². The van der Waals surface area contributed by atoms with Crippen molar-refractivity contribution in [2.45, 2.75) is 13.3 Å². The third-order valence-electron chi connectivity index (χ3n) is 3.31. The molecule has 5 heteroatoms. The number of anilines is 1. The Balaban J connectivity index is 1.82. The zero-order valence-corrected chi connectivity index (χ0v) is 12.8. The number of nitrogens with one attached hydrogen (secondary N) is 1. The first kappa shape index (κ1) is 14.8. The minimum Gasteiger partial charge on any atom is -0.410 e. The number of aromatic nitrogens is 2. The van der Waals surface area contributed by atoms with E-state index in [1.807, 2.05) is 61.5 Å². The number of para-hydroxylation sites is 2. The average Bonchev–Trinajstić information content (AvgIpc) is 2.99. The Bertz CT molecular complexity index is 783. The van der Waals surface area contributed by atoms with Crippen molar-refractivity contribution in [2.75, 3.05) is 5.32 Å². The number of benzene rings is 2. The lowest BCUT2D eigenvalue weighted by Crippen LogP contribution is -2.19. The van der Waals surface area contributed by atoms with Crippen LogP contribution in [0, 0.1) is 0 Å². The van der Waals surface area contributed by atoms with Crippen LogP contribution in [0.2, 0.25) is 0 Å². The van der Waals surface area contributed by atoms with Crippen molar-refractivity contribution in [1.82, 2.24) is 9.78 Å². The summed E-state index contributed by atoms with van der Waals surface area (Å²) in [6.45, 7) is 2.02. The highest BCUT2D eigenvalue weighted by molar-refractivity contribution is 5.85. The second kappa shape index (κ2) is 6.79. The fourth-order valence-electron chi connectivity index (χ4n) is 2.18. The molecule has 0 saturated carbocycles. The lowest BCUT2D eigenvalue weighted by Gasteiger charge is -2.09. The SMILES string of the molecule is CCc1cc(NC(=O)Oc2ccccc2)n(-c2ccccc2)n1. The molecule has 0 fully saturated rings. The zero-order chi connectivity index (χ0) is 16.1. The smallest absolute Gasteiger partial charge is 0.410 e. The van der Waals surface area contributed by atoms with Gasteiger partial charge in [0.05, 0.1) is 11.4 Å². The maximum atomic E-state index is 12.1. The molecule has 0 aliphatic carbocycles. The van der Waals surface area contributed by atoms with Crippen LogP contribution >= 0.6 is 0 Å². The van der Waals surface area contributed by atoms with Crippen molar-refractivity contribution in [3.05, 3.63) is 72.4 Å². The highest BCUT2D eigenvalue weighted by atomic mass is 16.6. The summed E-state index contributed by atoms with van der Waals surface area (Å²) in [6, 6.07) is 20.4. The number of rotatable bonds is 4. The molecular weight excluding hydrogens is 290 g/mol. The molecule has 0 aliphatic rings. The van der Waals surface area contributed by atoms with Gasteiger partial charge in [0.1, 0.15) is 11.6 Å². The van der Waals surface area contributed by atoms with Gasteiger partial charge in [-0.2, -0.15) is 5.10 Å². The number of hydrogen-bond donors (Lipinski definition) is 1. The molecule has 3 rings (SSSR count). The Kier molecular flexibility index (Phi) is 4.38. The average molecular weight is 307 g/mol. The second-order valence-electron chi connectivity index (χ2n) is 4.95. The van der Waals surface area contributed by atoms with Crippen LogP contribution in [0.1, 0.15) is 12.6 Å². The van der Waals surface area contributed by atoms with Crippen molar-refractivity contribution >= 4 is 11.9 Å². The first-order valence-corrected chi connectivity index (χ1v) is 7.44. The van der Waals surface area contributed by atoms with Gasteiger partial charge >= 0.3 is 6.09 Å². The Morgan fingerprint density at radius 2 is 1.74 bits per heavy atom. The fraction of sp³-hybridized carbons (Fsp3) is 0.111. The van der Waals surface area contributed by atoms with Crippen molar-refractivity contribution in [3.63, 3.8) is 0 Å². The van der Waals surface area contributed by atoms with Gasteiger partial charge in [-0.25, -0.2) is 9.48 Å². The van der Waals surface area contributed by atoms with Crippen LogP contribution in [0.3, 0.4) is 0 Å². The Morgan fingerprint density at radius 3 is 2.39 bits per heavy atom. The van der Waals surface area contributed by atoms with Crippen LogP contribution in [0.25, 0.3) is 5.69 Å². The van der Waals surface area contributed by atoms with Crippen LogP contribution in [0.15, 0.2) is 66.7 Å². The molecule has 1 heterocycles. The van der Waals surface area contributed by atoms with E-state index in [1.54, 1.807) is 16.8 Å². The van der Waals surface area contributed by atoms with E-state index in [4.69, 9.17) is 4.74 Å². The van der Waals surface area contributed by atoms with E-state index in [0.29, 0.717) is 11.6 Å². The third-order valence-corrected chi connectivity index (χ3v) is 3.31. The van der Waals surface area contributed by atoms with Crippen LogP contribution < -0.4 is 10.1 Å². The number of carbonyl (C=O) groups is 1. The molecule has 1 N–H and O–H groups in total. The topological polar surface area (TPSA) is 56.1 Å². The first-order chi connectivity index (χ1) is 11.3. The molecule has 0 unspecified atom stereocenters. The zero-order valence-electron chi connectivity index (χ0n) is 12.8. The van der Waals surface area contributed by atoms with Gasteiger partial charge in [-0.15, -0.1) is 0 Å². The number of amides is 1. The normalized spacial score (nSPS) is 10.3. The molecule has 0 bridgehead atoms. The van der Waals surface area contributed by atoms with E-state index in [1.165, 1.54) is 0 Å². The summed E-state index contributed by atoms with van der Waals surface area (Å²) in [5.41, 5.74) is 1.77. The van der Waals surface area contributed by atoms with Crippen LogP contribution in [0.5, 0.6) is 5.75 Å². The fourth-order valence-corrected chi connectivity index (χ4v) is 2.18. The first-order valence-electron chi connectivity index (χ1n) is 7.44. The molecular formula is C18H17N3O2. The third kappa shape index (κ3) is 3.58. The van der Waals surface area contributed by atoms with Crippen LogP contribution in [-0.2, 0) is 6.42 Å². The number of carbonyl (C=O) groups excluding carboxylic acids is 1. The van der Waals surface area contributed by atoms with Gasteiger partial charge < -0.3 is 4.74 Å². The molecule has 0 aliphatic heterocycles. The van der Waals surface area contributed by atoms with Crippen molar-refractivity contribution in [3.8, 4) is 11.4 Å². The van der Waals surface area contributed by atoms with Gasteiger partial charge in [0.25, 0.3) is 0 Å². The number of aryl methyl sites for hydroxylation is 1. The molecule has 0 atom stereocenters. The minimum absolute atomic E-state index is 0.492. The van der Waals surface area contributed by atoms with E-state index in [0.717, 1.165) is 17.8 Å². The Morgan fingerprint density at radius 1 is 1.09 bits per heavy atom. The molecule has 1 amide bonds. The Hall–Kier alpha value is -3.08. The summed E-state index contributed by atoms with van der Waals surface area (Å²) < 4.78 is 6.96. The van der Waals surface area contributed by atoms with E-state index in [9.17, 15) is 4.79 Å². The summed E-state index contributed by atoms with van der Waals surface area (Å²) in [7, 11) is 0. The Labute approximate surface area is 134 Å². The van der Waals surface area contributed by atoms with E-state index in [2.05, 4.69) is 10.4 Å². The molecule has 1 aromatic heterocycles. The van der Waals surface area contributed by atoms with E-state index >= 15 is 0 Å². The van der Waals surface area contributed by atoms with E-state index < -0.39 is 6.09 Å². The molecule has 0 radical (unpaired) electrons. The van der Waals surface area contributed by atoms with Gasteiger partial charge in [-0.3, -0.25) is 5.32 Å². The van der Waals surface area contributed by atoms with Crippen molar-refractivity contribution < 1.29 is 9.53 Å².